The predicted molar refractivity (Wildman–Crippen MR) is 81.0 cm³/mol. The monoisotopic (exact) mass is 345 g/mol. The molecule has 1 aliphatic heterocycles. The first-order chi connectivity index (χ1) is 10.9. The van der Waals surface area contributed by atoms with Gasteiger partial charge in [0.15, 0.2) is 0 Å². The van der Waals surface area contributed by atoms with Gasteiger partial charge in [-0.1, -0.05) is 0 Å². The molecule has 0 atom stereocenters. The van der Waals surface area contributed by atoms with Crippen LogP contribution in [0.3, 0.4) is 0 Å². The Bertz CT molecular complexity index is 739. The molecule has 3 heterocycles. The fraction of sp³-hybridized carbons (Fsp3) is 0.429. The maximum atomic E-state index is 13.2. The maximum Gasteiger partial charge on any atom is 0.417 e. The second-order valence-electron chi connectivity index (χ2n) is 5.04. The molecule has 1 fully saturated rings. The number of fused-ring (bicyclic) bond motifs is 1. The SMILES string of the molecule is COC(=O)c1c(N2CCNCC2)sc2c(C(F)(F)F)ccnc12. The number of hydrogen-bond acceptors (Lipinski definition) is 6. The zero-order valence-electron chi connectivity index (χ0n) is 12.2. The van der Waals surface area contributed by atoms with E-state index in [2.05, 4.69) is 10.3 Å². The van der Waals surface area contributed by atoms with E-state index >= 15 is 0 Å². The minimum Gasteiger partial charge on any atom is -0.465 e. The Morgan fingerprint density at radius 1 is 1.39 bits per heavy atom. The molecular weight excluding hydrogens is 331 g/mol. The normalized spacial score (nSPS) is 15.9. The third-order valence-electron chi connectivity index (χ3n) is 3.65. The number of hydrogen-bond donors (Lipinski definition) is 1. The molecule has 9 heteroatoms. The van der Waals surface area contributed by atoms with E-state index in [9.17, 15) is 18.0 Å². The third-order valence-corrected chi connectivity index (χ3v) is 4.93. The Morgan fingerprint density at radius 3 is 2.70 bits per heavy atom. The van der Waals surface area contributed by atoms with Crippen molar-refractivity contribution >= 4 is 32.5 Å². The summed E-state index contributed by atoms with van der Waals surface area (Å²) in [5, 5.41) is 3.65. The average molecular weight is 345 g/mol. The first-order valence-corrected chi connectivity index (χ1v) is 7.78. The van der Waals surface area contributed by atoms with E-state index < -0.39 is 17.7 Å². The Labute approximate surface area is 134 Å². The highest BCUT2D eigenvalue weighted by Gasteiger charge is 2.36. The molecule has 0 radical (unpaired) electrons. The van der Waals surface area contributed by atoms with E-state index in [1.807, 2.05) is 4.90 Å². The van der Waals surface area contributed by atoms with Crippen LogP contribution >= 0.6 is 11.3 Å². The molecule has 1 N–H and O–H groups in total. The van der Waals surface area contributed by atoms with Crippen LogP contribution in [-0.2, 0) is 10.9 Å². The van der Waals surface area contributed by atoms with Gasteiger partial charge in [-0.05, 0) is 6.07 Å². The largest absolute Gasteiger partial charge is 0.465 e. The number of nitrogens with one attached hydrogen (secondary N) is 1. The second-order valence-corrected chi connectivity index (χ2v) is 6.04. The molecule has 0 unspecified atom stereocenters. The number of anilines is 1. The van der Waals surface area contributed by atoms with Crippen LogP contribution in [0.4, 0.5) is 18.2 Å². The molecule has 0 amide bonds. The molecule has 0 saturated carbocycles. The van der Waals surface area contributed by atoms with E-state index in [-0.39, 0.29) is 15.8 Å². The van der Waals surface area contributed by atoms with Gasteiger partial charge in [-0.2, -0.15) is 13.2 Å². The molecule has 3 rings (SSSR count). The van der Waals surface area contributed by atoms with Crippen LogP contribution < -0.4 is 10.2 Å². The Morgan fingerprint density at radius 2 is 2.09 bits per heavy atom. The van der Waals surface area contributed by atoms with E-state index in [0.29, 0.717) is 31.2 Å². The van der Waals surface area contributed by atoms with Gasteiger partial charge in [0.25, 0.3) is 0 Å². The van der Waals surface area contributed by atoms with Gasteiger partial charge in [0, 0.05) is 32.4 Å². The van der Waals surface area contributed by atoms with Crippen LogP contribution in [0.25, 0.3) is 10.2 Å². The molecule has 0 bridgehead atoms. The van der Waals surface area contributed by atoms with Gasteiger partial charge in [-0.3, -0.25) is 4.98 Å². The average Bonchev–Trinajstić information content (AvgIpc) is 2.93. The number of methoxy groups -OCH3 is 1. The number of ether oxygens (including phenoxy) is 1. The van der Waals surface area contributed by atoms with E-state index in [1.165, 1.54) is 7.11 Å². The van der Waals surface area contributed by atoms with Gasteiger partial charge < -0.3 is 15.0 Å². The number of rotatable bonds is 2. The van der Waals surface area contributed by atoms with Gasteiger partial charge in [0.05, 0.1) is 22.9 Å². The Balaban J connectivity index is 2.24. The number of pyridine rings is 1. The van der Waals surface area contributed by atoms with Gasteiger partial charge >= 0.3 is 12.1 Å². The lowest BCUT2D eigenvalue weighted by Crippen LogP contribution is -2.43. The number of carbonyl (C=O) groups is 1. The van der Waals surface area contributed by atoms with Gasteiger partial charge in [-0.25, -0.2) is 4.79 Å². The van der Waals surface area contributed by atoms with Crippen molar-refractivity contribution in [3.8, 4) is 0 Å². The third kappa shape index (κ3) is 2.86. The van der Waals surface area contributed by atoms with Gasteiger partial charge in [0.2, 0.25) is 0 Å². The summed E-state index contributed by atoms with van der Waals surface area (Å²) in [7, 11) is 1.21. The van der Waals surface area contributed by atoms with Gasteiger partial charge in [0.1, 0.15) is 10.6 Å². The number of piperazine rings is 1. The number of thiophene rings is 1. The van der Waals surface area contributed by atoms with Crippen LogP contribution in [0.15, 0.2) is 12.3 Å². The van der Waals surface area contributed by atoms with Crippen molar-refractivity contribution in [2.45, 2.75) is 6.18 Å². The van der Waals surface area contributed by atoms with Crippen molar-refractivity contribution in [3.63, 3.8) is 0 Å². The summed E-state index contributed by atoms with van der Waals surface area (Å²) in [6.45, 7) is 2.62. The molecule has 2 aromatic heterocycles. The van der Waals surface area contributed by atoms with Crippen LogP contribution in [0.1, 0.15) is 15.9 Å². The Hall–Kier alpha value is -1.87. The summed E-state index contributed by atoms with van der Waals surface area (Å²) in [6.07, 6.45) is -3.42. The molecule has 0 spiro atoms. The van der Waals surface area contributed by atoms with Crippen molar-refractivity contribution in [1.82, 2.24) is 10.3 Å². The highest BCUT2D eigenvalue weighted by atomic mass is 32.1. The zero-order chi connectivity index (χ0) is 16.6. The van der Waals surface area contributed by atoms with E-state index in [4.69, 9.17) is 4.74 Å². The highest BCUT2D eigenvalue weighted by molar-refractivity contribution is 7.23. The summed E-state index contributed by atoms with van der Waals surface area (Å²) in [6, 6.07) is 0.932. The molecular formula is C14H14F3N3O2S. The lowest BCUT2D eigenvalue weighted by Gasteiger charge is -2.28. The number of alkyl halides is 3. The molecule has 5 nitrogen and oxygen atoms in total. The molecule has 1 aliphatic rings. The minimum absolute atomic E-state index is 0.0334. The number of carbonyl (C=O) groups excluding carboxylic acids is 1. The molecule has 0 aliphatic carbocycles. The first-order valence-electron chi connectivity index (χ1n) is 6.96. The van der Waals surface area contributed by atoms with Crippen LogP contribution in [0.2, 0.25) is 0 Å². The molecule has 1 saturated heterocycles. The van der Waals surface area contributed by atoms with Crippen molar-refractivity contribution in [3.05, 3.63) is 23.4 Å². The molecule has 124 valence electrons. The number of halogens is 3. The lowest BCUT2D eigenvalue weighted by molar-refractivity contribution is -0.136. The molecule has 23 heavy (non-hydrogen) atoms. The Kier molecular flexibility index (Phi) is 4.15. The van der Waals surface area contributed by atoms with Crippen LogP contribution in [-0.4, -0.2) is 44.2 Å². The fourth-order valence-corrected chi connectivity index (χ4v) is 3.91. The summed E-state index contributed by atoms with van der Waals surface area (Å²) < 4.78 is 44.4. The fourth-order valence-electron chi connectivity index (χ4n) is 2.58. The number of esters is 1. The molecule has 0 aromatic carbocycles. The van der Waals surface area contributed by atoms with Crippen molar-refractivity contribution in [2.24, 2.45) is 0 Å². The van der Waals surface area contributed by atoms with E-state index in [0.717, 1.165) is 23.6 Å². The van der Waals surface area contributed by atoms with Gasteiger partial charge in [-0.15, -0.1) is 11.3 Å². The second kappa shape index (κ2) is 5.97. The lowest BCUT2D eigenvalue weighted by atomic mass is 10.2. The summed E-state index contributed by atoms with van der Waals surface area (Å²) >= 11 is 0.942. The quantitative estimate of drug-likeness (QED) is 0.848. The predicted octanol–water partition coefficient (Wildman–Crippen LogP) is 2.51. The summed E-state index contributed by atoms with van der Waals surface area (Å²) in [5.41, 5.74) is -0.621. The van der Waals surface area contributed by atoms with Crippen LogP contribution in [0.5, 0.6) is 0 Å². The smallest absolute Gasteiger partial charge is 0.417 e. The topological polar surface area (TPSA) is 54.5 Å². The van der Waals surface area contributed by atoms with Crippen LogP contribution in [0, 0.1) is 0 Å². The van der Waals surface area contributed by atoms with Crippen molar-refractivity contribution in [2.75, 3.05) is 38.2 Å². The highest BCUT2D eigenvalue weighted by Crippen LogP contribution is 2.43. The van der Waals surface area contributed by atoms with Crippen molar-refractivity contribution < 1.29 is 22.7 Å². The summed E-state index contributed by atoms with van der Waals surface area (Å²) in [4.78, 5) is 18.0. The van der Waals surface area contributed by atoms with Crippen molar-refractivity contribution in [1.29, 1.82) is 0 Å². The van der Waals surface area contributed by atoms with E-state index in [1.54, 1.807) is 0 Å². The number of nitrogens with zero attached hydrogens (tertiary/aromatic N) is 2. The molecule has 2 aromatic rings. The number of aromatic nitrogens is 1. The standard InChI is InChI=1S/C14H14F3N3O2S/c1-22-13(21)9-10-11(8(2-3-19-10)14(15,16)17)23-12(9)20-6-4-18-5-7-20/h2-3,18H,4-7H2,1H3. The minimum atomic E-state index is -4.50. The zero-order valence-corrected chi connectivity index (χ0v) is 13.1. The first kappa shape index (κ1) is 16.0. The summed E-state index contributed by atoms with van der Waals surface area (Å²) in [5.74, 6) is -0.670. The maximum absolute atomic E-state index is 13.2.